The summed E-state index contributed by atoms with van der Waals surface area (Å²) < 4.78 is 0. The number of hydrogen-bond acceptors (Lipinski definition) is 6. The largest absolute Gasteiger partial charge is 0.355 e. The Morgan fingerprint density at radius 2 is 2.27 bits per heavy atom. The lowest BCUT2D eigenvalue weighted by molar-refractivity contribution is 1.03. The molecule has 0 saturated heterocycles. The molecule has 0 aromatic carbocycles. The van der Waals surface area contributed by atoms with Gasteiger partial charge in [0.2, 0.25) is 5.13 Å². The van der Waals surface area contributed by atoms with Gasteiger partial charge in [0, 0.05) is 4.88 Å². The molecule has 0 saturated carbocycles. The van der Waals surface area contributed by atoms with E-state index in [-0.39, 0.29) is 0 Å². The minimum Gasteiger partial charge on any atom is -0.355 e. The Morgan fingerprint density at radius 3 is 2.87 bits per heavy atom. The molecule has 76 valence electrons. The number of anilines is 1. The van der Waals surface area contributed by atoms with Crippen molar-refractivity contribution in [1.29, 1.82) is 5.26 Å². The lowest BCUT2D eigenvalue weighted by Crippen LogP contribution is -1.96. The van der Waals surface area contributed by atoms with E-state index >= 15 is 0 Å². The molecule has 4 nitrogen and oxygen atoms in total. The Morgan fingerprint density at radius 1 is 1.40 bits per heavy atom. The summed E-state index contributed by atoms with van der Waals surface area (Å²) in [5.74, 6) is 0. The first kappa shape index (κ1) is 10.1. The molecule has 0 bridgehead atoms. The molecule has 2 aromatic heterocycles. The van der Waals surface area contributed by atoms with Crippen LogP contribution in [0.25, 0.3) is 0 Å². The quantitative estimate of drug-likeness (QED) is 0.888. The lowest BCUT2D eigenvalue weighted by Gasteiger charge is -1.97. The predicted molar refractivity (Wildman–Crippen MR) is 61.0 cm³/mol. The summed E-state index contributed by atoms with van der Waals surface area (Å²) in [6.07, 6.45) is 0. The lowest BCUT2D eigenvalue weighted by atomic mass is 10.4. The number of aryl methyl sites for hydroxylation is 1. The molecule has 0 radical (unpaired) electrons. The van der Waals surface area contributed by atoms with Gasteiger partial charge in [0.1, 0.15) is 16.0 Å². The number of nitrogens with zero attached hydrogens (tertiary/aromatic N) is 3. The molecule has 0 aliphatic rings. The molecule has 0 atom stereocenters. The molecule has 0 aliphatic heterocycles. The summed E-state index contributed by atoms with van der Waals surface area (Å²) in [7, 11) is 0. The third-order valence-corrected chi connectivity index (χ3v) is 3.50. The van der Waals surface area contributed by atoms with Crippen LogP contribution in [0.2, 0.25) is 0 Å². The Hall–Kier alpha value is -1.45. The van der Waals surface area contributed by atoms with Gasteiger partial charge in [0.05, 0.1) is 6.54 Å². The van der Waals surface area contributed by atoms with Crippen LogP contribution in [0.15, 0.2) is 12.1 Å². The Balaban J connectivity index is 1.96. The smallest absolute Gasteiger partial charge is 0.205 e. The second kappa shape index (κ2) is 4.38. The van der Waals surface area contributed by atoms with Crippen molar-refractivity contribution in [3.05, 3.63) is 26.9 Å². The van der Waals surface area contributed by atoms with Crippen LogP contribution in [-0.4, -0.2) is 10.2 Å². The summed E-state index contributed by atoms with van der Waals surface area (Å²) in [6, 6.07) is 5.89. The van der Waals surface area contributed by atoms with Gasteiger partial charge in [-0.05, 0) is 19.1 Å². The van der Waals surface area contributed by atoms with Crippen molar-refractivity contribution in [2.75, 3.05) is 5.32 Å². The number of nitriles is 1. The maximum Gasteiger partial charge on any atom is 0.205 e. The molecule has 0 spiro atoms. The van der Waals surface area contributed by atoms with Gasteiger partial charge in [-0.25, -0.2) is 0 Å². The zero-order valence-electron chi connectivity index (χ0n) is 8.02. The van der Waals surface area contributed by atoms with Gasteiger partial charge in [-0.3, -0.25) is 0 Å². The van der Waals surface area contributed by atoms with Gasteiger partial charge in [-0.2, -0.15) is 5.26 Å². The standard InChI is InChI=1S/C9H8N4S2/c1-6-12-13-9(14-6)11-5-8-3-2-7(4-10)15-8/h2-3H,5H2,1H3,(H,11,13). The number of nitrogens with one attached hydrogen (secondary N) is 1. The van der Waals surface area contributed by atoms with E-state index in [4.69, 9.17) is 5.26 Å². The van der Waals surface area contributed by atoms with Crippen molar-refractivity contribution < 1.29 is 0 Å². The van der Waals surface area contributed by atoms with Crippen LogP contribution in [0.5, 0.6) is 0 Å². The van der Waals surface area contributed by atoms with Crippen LogP contribution in [0.4, 0.5) is 5.13 Å². The average Bonchev–Trinajstić information content (AvgIpc) is 2.83. The Bertz CT molecular complexity index is 494. The third kappa shape index (κ3) is 2.52. The van der Waals surface area contributed by atoms with Crippen LogP contribution in [-0.2, 0) is 6.54 Å². The van der Waals surface area contributed by atoms with Crippen molar-refractivity contribution >= 4 is 27.8 Å². The van der Waals surface area contributed by atoms with E-state index < -0.39 is 0 Å². The van der Waals surface area contributed by atoms with E-state index in [1.807, 2.05) is 19.1 Å². The molecule has 2 rings (SSSR count). The van der Waals surface area contributed by atoms with Crippen molar-refractivity contribution in [2.24, 2.45) is 0 Å². The average molecular weight is 236 g/mol. The Labute approximate surface area is 95.2 Å². The predicted octanol–water partition coefficient (Wildman–Crippen LogP) is 2.39. The summed E-state index contributed by atoms with van der Waals surface area (Å²) in [5, 5.41) is 21.5. The maximum atomic E-state index is 8.66. The molecular formula is C9H8N4S2. The van der Waals surface area contributed by atoms with Crippen LogP contribution >= 0.6 is 22.7 Å². The van der Waals surface area contributed by atoms with E-state index in [1.165, 1.54) is 22.7 Å². The van der Waals surface area contributed by atoms with Crippen molar-refractivity contribution in [2.45, 2.75) is 13.5 Å². The molecule has 2 aromatic rings. The van der Waals surface area contributed by atoms with Crippen LogP contribution in [0, 0.1) is 18.3 Å². The fraction of sp³-hybridized carbons (Fsp3) is 0.222. The highest BCUT2D eigenvalue weighted by Gasteiger charge is 2.02. The van der Waals surface area contributed by atoms with Gasteiger partial charge in [-0.15, -0.1) is 21.5 Å². The van der Waals surface area contributed by atoms with Crippen molar-refractivity contribution in [1.82, 2.24) is 10.2 Å². The van der Waals surface area contributed by atoms with E-state index in [9.17, 15) is 0 Å². The molecule has 2 heterocycles. The molecule has 0 fully saturated rings. The topological polar surface area (TPSA) is 61.6 Å². The molecule has 0 amide bonds. The summed E-state index contributed by atoms with van der Waals surface area (Å²) in [6.45, 7) is 2.61. The maximum absolute atomic E-state index is 8.66. The molecule has 6 heteroatoms. The highest BCUT2D eigenvalue weighted by Crippen LogP contribution is 2.19. The van der Waals surface area contributed by atoms with Crippen LogP contribution < -0.4 is 5.32 Å². The minimum atomic E-state index is 0.695. The highest BCUT2D eigenvalue weighted by atomic mass is 32.1. The molecule has 15 heavy (non-hydrogen) atoms. The number of hydrogen-bond donors (Lipinski definition) is 1. The second-order valence-electron chi connectivity index (χ2n) is 2.86. The summed E-state index contributed by atoms with van der Waals surface area (Å²) in [4.78, 5) is 1.86. The van der Waals surface area contributed by atoms with E-state index in [0.29, 0.717) is 6.54 Å². The van der Waals surface area contributed by atoms with Gasteiger partial charge in [0.15, 0.2) is 0 Å². The minimum absolute atomic E-state index is 0.695. The highest BCUT2D eigenvalue weighted by molar-refractivity contribution is 7.15. The van der Waals surface area contributed by atoms with E-state index in [0.717, 1.165) is 19.9 Å². The first-order chi connectivity index (χ1) is 7.28. The van der Waals surface area contributed by atoms with Gasteiger partial charge >= 0.3 is 0 Å². The fourth-order valence-corrected chi connectivity index (χ4v) is 2.40. The van der Waals surface area contributed by atoms with E-state index in [1.54, 1.807) is 0 Å². The van der Waals surface area contributed by atoms with Crippen LogP contribution in [0.3, 0.4) is 0 Å². The molecule has 0 aliphatic carbocycles. The first-order valence-corrected chi connectivity index (χ1v) is 5.94. The van der Waals surface area contributed by atoms with Gasteiger partial charge < -0.3 is 5.32 Å². The molecule has 1 N–H and O–H groups in total. The zero-order valence-corrected chi connectivity index (χ0v) is 9.65. The van der Waals surface area contributed by atoms with Gasteiger partial charge in [-0.1, -0.05) is 11.3 Å². The third-order valence-electron chi connectivity index (χ3n) is 1.71. The first-order valence-electron chi connectivity index (χ1n) is 4.31. The van der Waals surface area contributed by atoms with Crippen molar-refractivity contribution in [3.8, 4) is 6.07 Å². The monoisotopic (exact) mass is 236 g/mol. The molecular weight excluding hydrogens is 228 g/mol. The zero-order chi connectivity index (χ0) is 10.7. The Kier molecular flexibility index (Phi) is 2.94. The number of thiophene rings is 1. The molecule has 0 unspecified atom stereocenters. The van der Waals surface area contributed by atoms with Gasteiger partial charge in [0.25, 0.3) is 0 Å². The van der Waals surface area contributed by atoms with E-state index in [2.05, 4.69) is 21.6 Å². The number of aromatic nitrogens is 2. The SMILES string of the molecule is Cc1nnc(NCc2ccc(C#N)s2)s1. The fourth-order valence-electron chi connectivity index (χ4n) is 1.06. The summed E-state index contributed by atoms with van der Waals surface area (Å²) >= 11 is 3.02. The van der Waals surface area contributed by atoms with Crippen molar-refractivity contribution in [3.63, 3.8) is 0 Å². The summed E-state index contributed by atoms with van der Waals surface area (Å²) in [5.41, 5.74) is 0. The number of rotatable bonds is 3. The normalized spacial score (nSPS) is 9.87. The van der Waals surface area contributed by atoms with Crippen LogP contribution in [0.1, 0.15) is 14.8 Å². The second-order valence-corrected chi connectivity index (χ2v) is 5.21.